The third kappa shape index (κ3) is 4.92. The minimum atomic E-state index is 0.381. The maximum Gasteiger partial charge on any atom is 0.163 e. The van der Waals surface area contributed by atoms with Gasteiger partial charge in [0.25, 0.3) is 0 Å². The summed E-state index contributed by atoms with van der Waals surface area (Å²) in [5.74, 6) is 1.56. The van der Waals surface area contributed by atoms with Crippen LogP contribution in [0.15, 0.2) is 36.4 Å². The number of rotatable bonds is 7. The maximum absolute atomic E-state index is 6.02. The van der Waals surface area contributed by atoms with Gasteiger partial charge in [-0.2, -0.15) is 0 Å². The van der Waals surface area contributed by atoms with Crippen LogP contribution in [0.2, 0.25) is 0 Å². The normalized spacial score (nSPS) is 10.7. The number of aryl methyl sites for hydroxylation is 2. The highest BCUT2D eigenvalue weighted by Gasteiger charge is 2.08. The van der Waals surface area contributed by atoms with Gasteiger partial charge in [-0.3, -0.25) is 0 Å². The second kappa shape index (κ2) is 7.91. The van der Waals surface area contributed by atoms with E-state index in [0.29, 0.717) is 19.3 Å². The summed E-state index contributed by atoms with van der Waals surface area (Å²) in [5.41, 5.74) is 4.74. The molecule has 0 saturated carbocycles. The molecule has 0 aliphatic carbocycles. The lowest BCUT2D eigenvalue weighted by Crippen LogP contribution is -2.10. The smallest absolute Gasteiger partial charge is 0.163 e. The van der Waals surface area contributed by atoms with Crippen LogP contribution in [0.1, 0.15) is 37.5 Å². The lowest BCUT2D eigenvalue weighted by Gasteiger charge is -2.16. The molecule has 23 heavy (non-hydrogen) atoms. The fourth-order valence-electron chi connectivity index (χ4n) is 2.43. The second-order valence-electron chi connectivity index (χ2n) is 6.11. The Kier molecular flexibility index (Phi) is 5.91. The van der Waals surface area contributed by atoms with Crippen molar-refractivity contribution in [3.8, 4) is 11.5 Å². The molecule has 0 aliphatic rings. The van der Waals surface area contributed by atoms with Crippen LogP contribution >= 0.6 is 0 Å². The average molecular weight is 313 g/mol. The molecule has 124 valence electrons. The first-order valence-electron chi connectivity index (χ1n) is 8.22. The Labute approximate surface area is 139 Å². The Morgan fingerprint density at radius 1 is 0.957 bits per heavy atom. The summed E-state index contributed by atoms with van der Waals surface area (Å²) in [7, 11) is 0. The molecule has 0 amide bonds. The zero-order valence-electron chi connectivity index (χ0n) is 14.8. The monoisotopic (exact) mass is 313 g/mol. The summed E-state index contributed by atoms with van der Waals surface area (Å²) in [5, 5.41) is 3.39. The fourth-order valence-corrected chi connectivity index (χ4v) is 2.43. The largest absolute Gasteiger partial charge is 0.490 e. The van der Waals surface area contributed by atoms with E-state index >= 15 is 0 Å². The Bertz CT molecular complexity index is 650. The van der Waals surface area contributed by atoms with Gasteiger partial charge < -0.3 is 14.8 Å². The molecule has 2 rings (SSSR count). The zero-order chi connectivity index (χ0) is 16.8. The van der Waals surface area contributed by atoms with Crippen LogP contribution in [0.25, 0.3) is 0 Å². The van der Waals surface area contributed by atoms with Crippen molar-refractivity contribution in [3.05, 3.63) is 53.1 Å². The third-order valence-electron chi connectivity index (χ3n) is 3.59. The van der Waals surface area contributed by atoms with Gasteiger partial charge >= 0.3 is 0 Å². The predicted octanol–water partition coefficient (Wildman–Crippen LogP) is 5.10. The summed E-state index contributed by atoms with van der Waals surface area (Å²) >= 11 is 0. The van der Waals surface area contributed by atoms with Gasteiger partial charge in [-0.05, 0) is 57.9 Å². The maximum atomic E-state index is 6.02. The van der Waals surface area contributed by atoms with Crippen LogP contribution in [0.3, 0.4) is 0 Å². The SMILES string of the molecule is CCOc1cc(NC(C)C)ccc1OCc1cc(C)ccc1C. The molecule has 0 heterocycles. The molecule has 1 N–H and O–H groups in total. The molecule has 0 aromatic heterocycles. The van der Waals surface area contributed by atoms with Crippen molar-refractivity contribution >= 4 is 5.69 Å². The average Bonchev–Trinajstić information content (AvgIpc) is 2.49. The van der Waals surface area contributed by atoms with Crippen LogP contribution in [-0.2, 0) is 6.61 Å². The van der Waals surface area contributed by atoms with Gasteiger partial charge in [0.05, 0.1) is 6.61 Å². The summed E-state index contributed by atoms with van der Waals surface area (Å²) in [6, 6.07) is 12.8. The van der Waals surface area contributed by atoms with Crippen LogP contribution in [0.4, 0.5) is 5.69 Å². The standard InChI is InChI=1S/C20H27NO2/c1-6-22-20-12-18(21-14(2)3)9-10-19(20)23-13-17-11-15(4)7-8-16(17)5/h7-12,14,21H,6,13H2,1-5H3. The number of hydrogen-bond donors (Lipinski definition) is 1. The molecule has 2 aromatic rings. The molecule has 0 fully saturated rings. The molecule has 0 bridgehead atoms. The minimum Gasteiger partial charge on any atom is -0.490 e. The van der Waals surface area contributed by atoms with Crippen molar-refractivity contribution in [2.45, 2.75) is 47.3 Å². The molecule has 3 nitrogen and oxygen atoms in total. The van der Waals surface area contributed by atoms with E-state index in [4.69, 9.17) is 9.47 Å². The summed E-state index contributed by atoms with van der Waals surface area (Å²) < 4.78 is 11.8. The zero-order valence-corrected chi connectivity index (χ0v) is 14.8. The first-order valence-corrected chi connectivity index (χ1v) is 8.22. The van der Waals surface area contributed by atoms with E-state index in [-0.39, 0.29) is 0 Å². The van der Waals surface area contributed by atoms with E-state index < -0.39 is 0 Å². The lowest BCUT2D eigenvalue weighted by atomic mass is 10.1. The van der Waals surface area contributed by atoms with Crippen LogP contribution < -0.4 is 14.8 Å². The highest BCUT2D eigenvalue weighted by atomic mass is 16.5. The van der Waals surface area contributed by atoms with E-state index in [1.54, 1.807) is 0 Å². The van der Waals surface area contributed by atoms with E-state index in [9.17, 15) is 0 Å². The Morgan fingerprint density at radius 3 is 2.43 bits per heavy atom. The quantitative estimate of drug-likeness (QED) is 0.771. The lowest BCUT2D eigenvalue weighted by molar-refractivity contribution is 0.269. The molecule has 0 saturated heterocycles. The molecule has 3 heteroatoms. The van der Waals surface area contributed by atoms with Crippen molar-refractivity contribution < 1.29 is 9.47 Å². The number of hydrogen-bond acceptors (Lipinski definition) is 3. The molecule has 0 aliphatic heterocycles. The Hall–Kier alpha value is -2.16. The Balaban J connectivity index is 2.16. The molecule has 0 atom stereocenters. The number of ether oxygens (including phenoxy) is 2. The van der Waals surface area contributed by atoms with Crippen LogP contribution in [0.5, 0.6) is 11.5 Å². The molecule has 0 radical (unpaired) electrons. The van der Waals surface area contributed by atoms with Gasteiger partial charge in [0, 0.05) is 17.8 Å². The van der Waals surface area contributed by atoms with Gasteiger partial charge in [0.2, 0.25) is 0 Å². The summed E-state index contributed by atoms with van der Waals surface area (Å²) in [6.07, 6.45) is 0. The van der Waals surface area contributed by atoms with Gasteiger partial charge in [0.15, 0.2) is 11.5 Å². The molecular weight excluding hydrogens is 286 g/mol. The van der Waals surface area contributed by atoms with E-state index in [2.05, 4.69) is 51.2 Å². The number of anilines is 1. The fraction of sp³-hybridized carbons (Fsp3) is 0.400. The predicted molar refractivity (Wildman–Crippen MR) is 96.6 cm³/mol. The molecule has 0 spiro atoms. The highest BCUT2D eigenvalue weighted by Crippen LogP contribution is 2.31. The highest BCUT2D eigenvalue weighted by molar-refractivity contribution is 5.55. The van der Waals surface area contributed by atoms with Gasteiger partial charge in [-0.15, -0.1) is 0 Å². The number of benzene rings is 2. The Morgan fingerprint density at radius 2 is 1.74 bits per heavy atom. The summed E-state index contributed by atoms with van der Waals surface area (Å²) in [6.45, 7) is 11.6. The topological polar surface area (TPSA) is 30.5 Å². The van der Waals surface area contributed by atoms with Crippen LogP contribution in [0, 0.1) is 13.8 Å². The van der Waals surface area contributed by atoms with Crippen molar-refractivity contribution in [2.75, 3.05) is 11.9 Å². The summed E-state index contributed by atoms with van der Waals surface area (Å²) in [4.78, 5) is 0. The number of nitrogens with one attached hydrogen (secondary N) is 1. The first kappa shape index (κ1) is 17.2. The second-order valence-corrected chi connectivity index (χ2v) is 6.11. The first-order chi connectivity index (χ1) is 11.0. The van der Waals surface area contributed by atoms with Gasteiger partial charge in [0.1, 0.15) is 6.61 Å². The van der Waals surface area contributed by atoms with E-state index in [1.165, 1.54) is 16.7 Å². The van der Waals surface area contributed by atoms with Crippen molar-refractivity contribution in [3.63, 3.8) is 0 Å². The molecule has 2 aromatic carbocycles. The molecular formula is C20H27NO2. The minimum absolute atomic E-state index is 0.381. The van der Waals surface area contributed by atoms with Crippen LogP contribution in [-0.4, -0.2) is 12.6 Å². The van der Waals surface area contributed by atoms with Gasteiger partial charge in [-0.1, -0.05) is 23.8 Å². The van der Waals surface area contributed by atoms with E-state index in [0.717, 1.165) is 17.2 Å². The van der Waals surface area contributed by atoms with Crippen molar-refractivity contribution in [2.24, 2.45) is 0 Å². The van der Waals surface area contributed by atoms with Crippen molar-refractivity contribution in [1.29, 1.82) is 0 Å². The molecule has 0 unspecified atom stereocenters. The van der Waals surface area contributed by atoms with E-state index in [1.807, 2.05) is 25.1 Å². The third-order valence-corrected chi connectivity index (χ3v) is 3.59. The van der Waals surface area contributed by atoms with Crippen molar-refractivity contribution in [1.82, 2.24) is 0 Å². The van der Waals surface area contributed by atoms with Gasteiger partial charge in [-0.25, -0.2) is 0 Å².